The lowest BCUT2D eigenvalue weighted by Crippen LogP contribution is -2.07. The van der Waals surface area contributed by atoms with Gasteiger partial charge in [0.1, 0.15) is 16.3 Å². The molecular weight excluding hydrogens is 495 g/mol. The Labute approximate surface area is 175 Å². The molecule has 0 N–H and O–H groups in total. The van der Waals surface area contributed by atoms with Crippen molar-refractivity contribution in [1.82, 2.24) is 0 Å². The Bertz CT molecular complexity index is 1090. The lowest BCUT2D eigenvalue weighted by atomic mass is 10.1. The molecule has 7 nitrogen and oxygen atoms in total. The molecule has 142 valence electrons. The summed E-state index contributed by atoms with van der Waals surface area (Å²) in [6.45, 7) is 0. The number of allylic oxidation sites excluding steroid dienone is 4. The second kappa shape index (κ2) is 8.93. The van der Waals surface area contributed by atoms with E-state index in [0.29, 0.717) is 11.3 Å². The van der Waals surface area contributed by atoms with Gasteiger partial charge in [0.15, 0.2) is 0 Å². The van der Waals surface area contributed by atoms with Gasteiger partial charge in [-0.25, -0.2) is 4.79 Å². The number of hydrogen-bond donors (Lipinski definition) is 0. The number of carbonyl (C=O) groups is 1. The fourth-order valence-corrected chi connectivity index (χ4v) is 3.44. The molecule has 0 saturated heterocycles. The maximum Gasteiger partial charge on any atom is 0.366 e. The predicted molar refractivity (Wildman–Crippen MR) is 112 cm³/mol. The molecule has 2 aromatic rings. The molecule has 2 aromatic carbocycles. The van der Waals surface area contributed by atoms with E-state index >= 15 is 0 Å². The van der Waals surface area contributed by atoms with Crippen molar-refractivity contribution < 1.29 is 22.3 Å². The van der Waals surface area contributed by atoms with Gasteiger partial charge >= 0.3 is 16.1 Å². The highest BCUT2D eigenvalue weighted by Gasteiger charge is 2.15. The van der Waals surface area contributed by atoms with Crippen molar-refractivity contribution >= 4 is 50.1 Å². The number of rotatable bonds is 5. The van der Waals surface area contributed by atoms with E-state index < -0.39 is 16.1 Å². The quantitative estimate of drug-likeness (QED) is 0.266. The van der Waals surface area contributed by atoms with Crippen molar-refractivity contribution in [2.75, 3.05) is 0 Å². The van der Waals surface area contributed by atoms with Crippen LogP contribution in [0.5, 0.6) is 0 Å². The molecule has 0 aromatic heterocycles. The SMILES string of the molecule is O=C(ON=C1C=CC(=NOS(=O)(=O)c2ccccc2)C=C1)c1ccccc1I. The van der Waals surface area contributed by atoms with Crippen LogP contribution in [0.1, 0.15) is 10.4 Å². The van der Waals surface area contributed by atoms with Gasteiger partial charge in [0.25, 0.3) is 0 Å². The highest BCUT2D eigenvalue weighted by molar-refractivity contribution is 14.1. The van der Waals surface area contributed by atoms with Crippen molar-refractivity contribution in [2.24, 2.45) is 10.3 Å². The highest BCUT2D eigenvalue weighted by atomic mass is 127. The minimum Gasteiger partial charge on any atom is -0.312 e. The maximum atomic E-state index is 12.0. The third kappa shape index (κ3) is 5.14. The minimum atomic E-state index is -3.98. The summed E-state index contributed by atoms with van der Waals surface area (Å²) in [6, 6.07) is 14.7. The zero-order valence-corrected chi connectivity index (χ0v) is 17.2. The van der Waals surface area contributed by atoms with Gasteiger partial charge in [-0.3, -0.25) is 4.28 Å². The van der Waals surface area contributed by atoms with E-state index in [2.05, 4.69) is 10.3 Å². The van der Waals surface area contributed by atoms with E-state index in [1.807, 2.05) is 28.7 Å². The van der Waals surface area contributed by atoms with Crippen molar-refractivity contribution in [2.45, 2.75) is 4.90 Å². The van der Waals surface area contributed by atoms with Crippen LogP contribution in [-0.4, -0.2) is 25.8 Å². The first-order chi connectivity index (χ1) is 13.5. The molecule has 0 unspecified atom stereocenters. The largest absolute Gasteiger partial charge is 0.366 e. The van der Waals surface area contributed by atoms with Crippen LogP contribution >= 0.6 is 22.6 Å². The topological polar surface area (TPSA) is 94.4 Å². The second-order valence-electron chi connectivity index (χ2n) is 5.40. The van der Waals surface area contributed by atoms with E-state index in [1.54, 1.807) is 36.4 Å². The second-order valence-corrected chi connectivity index (χ2v) is 8.09. The third-order valence-electron chi connectivity index (χ3n) is 3.45. The summed E-state index contributed by atoms with van der Waals surface area (Å²) in [4.78, 5) is 17.0. The molecule has 0 saturated carbocycles. The standard InChI is InChI=1S/C19H13IN2O5S/c20-18-9-5-4-8-17(18)19(23)26-21-14-10-12-15(13-11-14)22-27-28(24,25)16-6-2-1-3-7-16/h1-13H. The van der Waals surface area contributed by atoms with Crippen LogP contribution in [0.2, 0.25) is 0 Å². The Morgan fingerprint density at radius 2 is 1.39 bits per heavy atom. The summed E-state index contributed by atoms with van der Waals surface area (Å²) in [7, 11) is -3.98. The smallest absolute Gasteiger partial charge is 0.312 e. The molecule has 1 aliphatic carbocycles. The van der Waals surface area contributed by atoms with E-state index in [-0.39, 0.29) is 10.6 Å². The number of carbonyl (C=O) groups excluding carboxylic acids is 1. The highest BCUT2D eigenvalue weighted by Crippen LogP contribution is 2.14. The molecule has 9 heteroatoms. The van der Waals surface area contributed by atoms with Crippen LogP contribution in [0.25, 0.3) is 0 Å². The van der Waals surface area contributed by atoms with Gasteiger partial charge in [-0.15, -0.1) is 0 Å². The van der Waals surface area contributed by atoms with Crippen molar-refractivity contribution in [3.05, 3.63) is 88.0 Å². The molecule has 0 fully saturated rings. The first-order valence-corrected chi connectivity index (χ1v) is 10.4. The van der Waals surface area contributed by atoms with Gasteiger partial charge in [0.2, 0.25) is 0 Å². The molecule has 0 spiro atoms. The Morgan fingerprint density at radius 1 is 0.821 bits per heavy atom. The van der Waals surface area contributed by atoms with Gasteiger partial charge in [0.05, 0.1) is 5.56 Å². The Morgan fingerprint density at radius 3 is 2.04 bits per heavy atom. The average molecular weight is 508 g/mol. The summed E-state index contributed by atoms with van der Waals surface area (Å²) < 4.78 is 29.5. The van der Waals surface area contributed by atoms with Gasteiger partial charge in [-0.05, 0) is 71.2 Å². The molecule has 1 aliphatic rings. The van der Waals surface area contributed by atoms with Crippen LogP contribution < -0.4 is 0 Å². The number of oxime groups is 2. The Kier molecular flexibility index (Phi) is 6.37. The van der Waals surface area contributed by atoms with Crippen LogP contribution in [0.4, 0.5) is 0 Å². The summed E-state index contributed by atoms with van der Waals surface area (Å²) in [5.74, 6) is -0.573. The van der Waals surface area contributed by atoms with Crippen molar-refractivity contribution in [3.63, 3.8) is 0 Å². The summed E-state index contributed by atoms with van der Waals surface area (Å²) in [6.07, 6.45) is 6.00. The molecule has 0 heterocycles. The normalized spacial score (nSPS) is 13.2. The van der Waals surface area contributed by atoms with Gasteiger partial charge in [-0.2, -0.15) is 8.42 Å². The van der Waals surface area contributed by atoms with Crippen LogP contribution in [0, 0.1) is 3.57 Å². The molecular formula is C19H13IN2O5S. The fraction of sp³-hybridized carbons (Fsp3) is 0. The lowest BCUT2D eigenvalue weighted by Gasteiger charge is -2.04. The molecule has 28 heavy (non-hydrogen) atoms. The molecule has 0 radical (unpaired) electrons. The predicted octanol–water partition coefficient (Wildman–Crippen LogP) is 3.69. The number of benzene rings is 2. The fourth-order valence-electron chi connectivity index (χ4n) is 2.07. The molecule has 0 aliphatic heterocycles. The third-order valence-corrected chi connectivity index (χ3v) is 5.51. The van der Waals surface area contributed by atoms with Crippen LogP contribution in [0.15, 0.2) is 94.1 Å². The van der Waals surface area contributed by atoms with E-state index in [9.17, 15) is 13.2 Å². The number of halogens is 1. The van der Waals surface area contributed by atoms with E-state index in [1.165, 1.54) is 36.4 Å². The first-order valence-electron chi connectivity index (χ1n) is 7.92. The summed E-state index contributed by atoms with van der Waals surface area (Å²) in [5.41, 5.74) is 1.05. The monoisotopic (exact) mass is 508 g/mol. The zero-order valence-electron chi connectivity index (χ0n) is 14.2. The first kappa shape index (κ1) is 20.0. The van der Waals surface area contributed by atoms with Crippen molar-refractivity contribution in [3.8, 4) is 0 Å². The van der Waals surface area contributed by atoms with E-state index in [4.69, 9.17) is 9.12 Å². The summed E-state index contributed by atoms with van der Waals surface area (Å²) >= 11 is 2.04. The van der Waals surface area contributed by atoms with E-state index in [0.717, 1.165) is 3.57 Å². The Hall–Kier alpha value is -2.79. The maximum absolute atomic E-state index is 12.0. The van der Waals surface area contributed by atoms with Crippen molar-refractivity contribution in [1.29, 1.82) is 0 Å². The summed E-state index contributed by atoms with van der Waals surface area (Å²) in [5, 5.41) is 7.38. The molecule has 0 atom stereocenters. The van der Waals surface area contributed by atoms with Crippen LogP contribution in [-0.2, 0) is 19.2 Å². The van der Waals surface area contributed by atoms with Gasteiger partial charge in [0, 0.05) is 3.57 Å². The van der Waals surface area contributed by atoms with Crippen LogP contribution in [0.3, 0.4) is 0 Å². The zero-order chi connectivity index (χ0) is 20.0. The van der Waals surface area contributed by atoms with Gasteiger partial charge in [-0.1, -0.05) is 40.6 Å². The van der Waals surface area contributed by atoms with Gasteiger partial charge < -0.3 is 4.84 Å². The minimum absolute atomic E-state index is 0.00725. The Balaban J connectivity index is 1.62. The lowest BCUT2D eigenvalue weighted by molar-refractivity contribution is 0.0516. The average Bonchev–Trinajstić information content (AvgIpc) is 2.72. The number of nitrogens with zero attached hydrogens (tertiary/aromatic N) is 2. The number of hydrogen-bond acceptors (Lipinski definition) is 7. The molecule has 0 bridgehead atoms. The molecule has 3 rings (SSSR count). The molecule has 0 amide bonds.